The second kappa shape index (κ2) is 5.42. The van der Waals surface area contributed by atoms with Gasteiger partial charge in [0.1, 0.15) is 5.75 Å². The van der Waals surface area contributed by atoms with E-state index in [0.29, 0.717) is 6.54 Å². The standard InChI is InChI=1S/C10H11BrN4OS/c1-15(10-12-13-14-17-10)6-7-5-8(11)3-4-9(7)16-2/h3-5H,6H2,1-2H3. The van der Waals surface area contributed by atoms with Gasteiger partial charge in [-0.1, -0.05) is 25.5 Å². The van der Waals surface area contributed by atoms with Crippen molar-refractivity contribution in [2.75, 3.05) is 19.1 Å². The maximum atomic E-state index is 5.32. The van der Waals surface area contributed by atoms with Crippen LogP contribution >= 0.6 is 27.5 Å². The summed E-state index contributed by atoms with van der Waals surface area (Å²) in [6, 6.07) is 5.92. The molecule has 0 N–H and O–H groups in total. The molecule has 2 rings (SSSR count). The average molecular weight is 315 g/mol. The Morgan fingerprint density at radius 1 is 1.47 bits per heavy atom. The lowest BCUT2D eigenvalue weighted by Gasteiger charge is -2.16. The highest BCUT2D eigenvalue weighted by Gasteiger charge is 2.10. The van der Waals surface area contributed by atoms with E-state index in [2.05, 4.69) is 30.7 Å². The Kier molecular flexibility index (Phi) is 3.90. The fourth-order valence-electron chi connectivity index (χ4n) is 1.47. The third-order valence-corrected chi connectivity index (χ3v) is 3.47. The van der Waals surface area contributed by atoms with Gasteiger partial charge in [0, 0.05) is 35.2 Å². The Hall–Kier alpha value is -1.21. The molecule has 17 heavy (non-hydrogen) atoms. The molecule has 0 saturated carbocycles. The average Bonchev–Trinajstić information content (AvgIpc) is 2.83. The Bertz CT molecular complexity index is 491. The smallest absolute Gasteiger partial charge is 0.227 e. The third-order valence-electron chi connectivity index (χ3n) is 2.27. The molecule has 1 aromatic carbocycles. The molecule has 0 fully saturated rings. The highest BCUT2D eigenvalue weighted by atomic mass is 79.9. The lowest BCUT2D eigenvalue weighted by molar-refractivity contribution is 0.409. The van der Waals surface area contributed by atoms with Gasteiger partial charge >= 0.3 is 0 Å². The number of aromatic nitrogens is 3. The van der Waals surface area contributed by atoms with E-state index in [0.717, 1.165) is 20.9 Å². The van der Waals surface area contributed by atoms with E-state index in [9.17, 15) is 0 Å². The first-order valence-corrected chi connectivity index (χ1v) is 6.46. The molecule has 0 radical (unpaired) electrons. The number of nitrogens with zero attached hydrogens (tertiary/aromatic N) is 4. The van der Waals surface area contributed by atoms with Crippen LogP contribution < -0.4 is 9.64 Å². The number of ether oxygens (including phenoxy) is 1. The second-order valence-electron chi connectivity index (χ2n) is 3.46. The van der Waals surface area contributed by atoms with Crippen molar-refractivity contribution in [3.05, 3.63) is 28.2 Å². The van der Waals surface area contributed by atoms with Crippen LogP contribution in [-0.2, 0) is 6.54 Å². The van der Waals surface area contributed by atoms with Crippen molar-refractivity contribution in [2.24, 2.45) is 0 Å². The largest absolute Gasteiger partial charge is 0.496 e. The molecule has 2 aromatic rings. The topological polar surface area (TPSA) is 51.1 Å². The first-order chi connectivity index (χ1) is 8.20. The van der Waals surface area contributed by atoms with Crippen molar-refractivity contribution in [3.63, 3.8) is 0 Å². The predicted molar refractivity (Wildman–Crippen MR) is 70.5 cm³/mol. The summed E-state index contributed by atoms with van der Waals surface area (Å²) >= 11 is 4.72. The Morgan fingerprint density at radius 2 is 2.29 bits per heavy atom. The maximum absolute atomic E-state index is 5.32. The SMILES string of the molecule is COc1ccc(Br)cc1CN(C)c1nnns1. The van der Waals surface area contributed by atoms with Gasteiger partial charge in [0.25, 0.3) is 0 Å². The Labute approximate surface area is 112 Å². The van der Waals surface area contributed by atoms with Gasteiger partial charge in [0.2, 0.25) is 5.13 Å². The Morgan fingerprint density at radius 3 is 2.94 bits per heavy atom. The van der Waals surface area contributed by atoms with Crippen LogP contribution in [-0.4, -0.2) is 29.0 Å². The van der Waals surface area contributed by atoms with Gasteiger partial charge in [0.05, 0.1) is 7.11 Å². The van der Waals surface area contributed by atoms with Crippen molar-refractivity contribution < 1.29 is 4.74 Å². The van der Waals surface area contributed by atoms with E-state index in [1.807, 2.05) is 30.1 Å². The zero-order chi connectivity index (χ0) is 12.3. The van der Waals surface area contributed by atoms with E-state index in [4.69, 9.17) is 4.74 Å². The van der Waals surface area contributed by atoms with Gasteiger partial charge in [-0.25, -0.2) is 0 Å². The van der Waals surface area contributed by atoms with E-state index in [1.165, 1.54) is 11.5 Å². The van der Waals surface area contributed by atoms with Crippen LogP contribution in [0.4, 0.5) is 5.13 Å². The summed E-state index contributed by atoms with van der Waals surface area (Å²) in [5.74, 6) is 0.859. The van der Waals surface area contributed by atoms with Crippen LogP contribution in [0.5, 0.6) is 5.75 Å². The molecular formula is C10H11BrN4OS. The van der Waals surface area contributed by atoms with Crippen LogP contribution in [0.1, 0.15) is 5.56 Å². The fourth-order valence-corrected chi connectivity index (χ4v) is 2.30. The molecule has 0 aliphatic carbocycles. The first kappa shape index (κ1) is 12.3. The molecule has 7 heteroatoms. The summed E-state index contributed by atoms with van der Waals surface area (Å²) in [6.45, 7) is 0.694. The second-order valence-corrected chi connectivity index (χ2v) is 5.08. The highest BCUT2D eigenvalue weighted by molar-refractivity contribution is 9.10. The highest BCUT2D eigenvalue weighted by Crippen LogP contribution is 2.25. The molecule has 0 aliphatic heterocycles. The number of methoxy groups -OCH3 is 1. The quantitative estimate of drug-likeness (QED) is 0.867. The van der Waals surface area contributed by atoms with Gasteiger partial charge in [-0.2, -0.15) is 0 Å². The molecular weight excluding hydrogens is 304 g/mol. The lowest BCUT2D eigenvalue weighted by atomic mass is 10.2. The van der Waals surface area contributed by atoms with Crippen molar-refractivity contribution in [3.8, 4) is 5.75 Å². The zero-order valence-electron chi connectivity index (χ0n) is 9.42. The number of hydrogen-bond acceptors (Lipinski definition) is 6. The molecule has 0 saturated heterocycles. The zero-order valence-corrected chi connectivity index (χ0v) is 11.8. The number of rotatable bonds is 4. The molecule has 0 unspecified atom stereocenters. The molecule has 90 valence electrons. The van der Waals surface area contributed by atoms with Crippen molar-refractivity contribution in [1.29, 1.82) is 0 Å². The molecule has 0 spiro atoms. The summed E-state index contributed by atoms with van der Waals surface area (Å²) in [7, 11) is 3.61. The van der Waals surface area contributed by atoms with Crippen molar-refractivity contribution >= 4 is 32.6 Å². The van der Waals surface area contributed by atoms with Crippen LogP contribution in [0.15, 0.2) is 22.7 Å². The molecule has 1 aromatic heterocycles. The predicted octanol–water partition coefficient (Wildman–Crippen LogP) is 2.34. The molecule has 5 nitrogen and oxygen atoms in total. The van der Waals surface area contributed by atoms with E-state index in [-0.39, 0.29) is 0 Å². The van der Waals surface area contributed by atoms with E-state index >= 15 is 0 Å². The monoisotopic (exact) mass is 314 g/mol. The van der Waals surface area contributed by atoms with Gasteiger partial charge in [0.15, 0.2) is 0 Å². The van der Waals surface area contributed by atoms with Crippen LogP contribution in [0.2, 0.25) is 0 Å². The Balaban J connectivity index is 2.20. The third kappa shape index (κ3) is 2.92. The van der Waals surface area contributed by atoms with E-state index in [1.54, 1.807) is 7.11 Å². The van der Waals surface area contributed by atoms with Crippen molar-refractivity contribution in [1.82, 2.24) is 14.8 Å². The van der Waals surface area contributed by atoms with Gasteiger partial charge in [-0.3, -0.25) is 0 Å². The number of benzene rings is 1. The fraction of sp³-hybridized carbons (Fsp3) is 0.300. The van der Waals surface area contributed by atoms with E-state index < -0.39 is 0 Å². The van der Waals surface area contributed by atoms with Crippen LogP contribution in [0.25, 0.3) is 0 Å². The molecule has 1 heterocycles. The van der Waals surface area contributed by atoms with Crippen molar-refractivity contribution in [2.45, 2.75) is 6.54 Å². The summed E-state index contributed by atoms with van der Waals surface area (Å²) in [5.41, 5.74) is 1.08. The minimum absolute atomic E-state index is 0.694. The summed E-state index contributed by atoms with van der Waals surface area (Å²) < 4.78 is 10.1. The lowest BCUT2D eigenvalue weighted by Crippen LogP contribution is -2.16. The van der Waals surface area contributed by atoms with Gasteiger partial charge in [-0.05, 0) is 23.4 Å². The summed E-state index contributed by atoms with van der Waals surface area (Å²) in [4.78, 5) is 1.98. The van der Waals surface area contributed by atoms with Crippen LogP contribution in [0, 0.1) is 0 Å². The number of halogens is 1. The number of hydrogen-bond donors (Lipinski definition) is 0. The minimum Gasteiger partial charge on any atom is -0.496 e. The molecule has 0 aliphatic rings. The normalized spacial score (nSPS) is 10.3. The number of anilines is 1. The summed E-state index contributed by atoms with van der Waals surface area (Å²) in [6.07, 6.45) is 0. The maximum Gasteiger partial charge on any atom is 0.227 e. The van der Waals surface area contributed by atoms with Crippen LogP contribution in [0.3, 0.4) is 0 Å². The molecule has 0 atom stereocenters. The molecule has 0 amide bonds. The first-order valence-electron chi connectivity index (χ1n) is 4.89. The molecule has 0 bridgehead atoms. The van der Waals surface area contributed by atoms with Gasteiger partial charge in [-0.15, -0.1) is 0 Å². The summed E-state index contributed by atoms with van der Waals surface area (Å²) in [5, 5.41) is 8.29. The minimum atomic E-state index is 0.694. The van der Waals surface area contributed by atoms with Gasteiger partial charge < -0.3 is 9.64 Å².